The van der Waals surface area contributed by atoms with Crippen LogP contribution in [0, 0.1) is 0 Å². The Morgan fingerprint density at radius 1 is 1.37 bits per heavy atom. The second kappa shape index (κ2) is 6.69. The molecule has 2 aromatic rings. The largest absolute Gasteiger partial charge is 0.484 e. The number of halogens is 1. The van der Waals surface area contributed by atoms with Gasteiger partial charge in [-0.3, -0.25) is 4.79 Å². The van der Waals surface area contributed by atoms with Crippen molar-refractivity contribution in [3.05, 3.63) is 35.1 Å². The van der Waals surface area contributed by atoms with E-state index in [1.807, 2.05) is 0 Å². The van der Waals surface area contributed by atoms with E-state index in [2.05, 4.69) is 25.9 Å². The van der Waals surface area contributed by atoms with Gasteiger partial charge in [0.1, 0.15) is 5.75 Å². The first kappa shape index (κ1) is 13.3. The van der Waals surface area contributed by atoms with Crippen molar-refractivity contribution in [1.82, 2.24) is 25.9 Å². The standard InChI is InChI=1S/C11H12ClN5O2/c12-8-1-3-9(4-2-8)19-7-11(18)13-6-5-10-14-16-17-15-10/h1-4H,5-7H2,(H,13,18)(H,14,15,16,17). The molecule has 0 aliphatic rings. The molecule has 100 valence electrons. The number of hydrogen-bond donors (Lipinski definition) is 2. The van der Waals surface area contributed by atoms with Crippen LogP contribution >= 0.6 is 11.6 Å². The van der Waals surface area contributed by atoms with Gasteiger partial charge in [-0.15, -0.1) is 10.2 Å². The zero-order valence-electron chi connectivity index (χ0n) is 9.97. The number of aromatic nitrogens is 4. The highest BCUT2D eigenvalue weighted by atomic mass is 35.5. The molecule has 0 saturated heterocycles. The molecule has 1 aromatic carbocycles. The maximum Gasteiger partial charge on any atom is 0.257 e. The lowest BCUT2D eigenvalue weighted by molar-refractivity contribution is -0.123. The Kier molecular flexibility index (Phi) is 4.68. The van der Waals surface area contributed by atoms with Gasteiger partial charge in [0.25, 0.3) is 5.91 Å². The Morgan fingerprint density at radius 3 is 2.84 bits per heavy atom. The molecule has 19 heavy (non-hydrogen) atoms. The average molecular weight is 282 g/mol. The Labute approximate surface area is 114 Å². The van der Waals surface area contributed by atoms with E-state index >= 15 is 0 Å². The third-order valence-electron chi connectivity index (χ3n) is 2.24. The van der Waals surface area contributed by atoms with Gasteiger partial charge in [-0.2, -0.15) is 5.21 Å². The van der Waals surface area contributed by atoms with E-state index in [0.29, 0.717) is 29.6 Å². The number of hydrogen-bond acceptors (Lipinski definition) is 5. The summed E-state index contributed by atoms with van der Waals surface area (Å²) in [6.45, 7) is 0.385. The number of carbonyl (C=O) groups excluding carboxylic acids is 1. The molecule has 0 spiro atoms. The minimum absolute atomic E-state index is 0.0477. The lowest BCUT2D eigenvalue weighted by Crippen LogP contribution is -2.30. The van der Waals surface area contributed by atoms with E-state index < -0.39 is 0 Å². The normalized spacial score (nSPS) is 10.2. The van der Waals surface area contributed by atoms with Crippen LogP contribution in [0.15, 0.2) is 24.3 Å². The van der Waals surface area contributed by atoms with Crippen molar-refractivity contribution < 1.29 is 9.53 Å². The number of H-pyrrole nitrogens is 1. The molecule has 0 aliphatic heterocycles. The molecule has 2 rings (SSSR count). The van der Waals surface area contributed by atoms with Crippen molar-refractivity contribution >= 4 is 17.5 Å². The Hall–Kier alpha value is -2.15. The van der Waals surface area contributed by atoms with Crippen LogP contribution < -0.4 is 10.1 Å². The average Bonchev–Trinajstić information content (AvgIpc) is 2.91. The maximum absolute atomic E-state index is 11.5. The monoisotopic (exact) mass is 281 g/mol. The molecule has 0 radical (unpaired) electrons. The van der Waals surface area contributed by atoms with Crippen molar-refractivity contribution in [3.8, 4) is 5.75 Å². The van der Waals surface area contributed by atoms with E-state index in [4.69, 9.17) is 16.3 Å². The van der Waals surface area contributed by atoms with Gasteiger partial charge in [-0.05, 0) is 24.3 Å². The van der Waals surface area contributed by atoms with Gasteiger partial charge < -0.3 is 10.1 Å². The zero-order chi connectivity index (χ0) is 13.5. The van der Waals surface area contributed by atoms with Crippen LogP contribution in [0.25, 0.3) is 0 Å². The van der Waals surface area contributed by atoms with Crippen LogP contribution in [0.3, 0.4) is 0 Å². The molecule has 0 saturated carbocycles. The van der Waals surface area contributed by atoms with Crippen molar-refractivity contribution in [2.75, 3.05) is 13.2 Å². The van der Waals surface area contributed by atoms with Gasteiger partial charge in [0.2, 0.25) is 0 Å². The molecule has 1 heterocycles. The van der Waals surface area contributed by atoms with Crippen LogP contribution in [-0.2, 0) is 11.2 Å². The quantitative estimate of drug-likeness (QED) is 0.808. The second-order valence-electron chi connectivity index (χ2n) is 3.67. The fourth-order valence-corrected chi connectivity index (χ4v) is 1.46. The molecule has 8 heteroatoms. The summed E-state index contributed by atoms with van der Waals surface area (Å²) in [5.74, 6) is 0.940. The fraction of sp³-hybridized carbons (Fsp3) is 0.273. The Morgan fingerprint density at radius 2 is 2.16 bits per heavy atom. The Bertz CT molecular complexity index is 514. The molecular formula is C11H12ClN5O2. The predicted molar refractivity (Wildman–Crippen MR) is 67.8 cm³/mol. The minimum Gasteiger partial charge on any atom is -0.484 e. The van der Waals surface area contributed by atoms with Gasteiger partial charge in [0, 0.05) is 18.0 Å². The summed E-state index contributed by atoms with van der Waals surface area (Å²) < 4.78 is 5.29. The number of nitrogens with zero attached hydrogens (tertiary/aromatic N) is 3. The van der Waals surface area contributed by atoms with Crippen LogP contribution in [-0.4, -0.2) is 39.7 Å². The molecule has 7 nitrogen and oxygen atoms in total. The van der Waals surface area contributed by atoms with Crippen LogP contribution in [0.1, 0.15) is 5.82 Å². The highest BCUT2D eigenvalue weighted by Gasteiger charge is 2.04. The van der Waals surface area contributed by atoms with Crippen LogP contribution in [0.5, 0.6) is 5.75 Å². The molecule has 0 atom stereocenters. The third-order valence-corrected chi connectivity index (χ3v) is 2.50. The summed E-state index contributed by atoms with van der Waals surface area (Å²) in [6.07, 6.45) is 0.517. The number of nitrogens with one attached hydrogen (secondary N) is 2. The first-order valence-electron chi connectivity index (χ1n) is 5.61. The number of rotatable bonds is 6. The topological polar surface area (TPSA) is 92.8 Å². The first-order chi connectivity index (χ1) is 9.24. The SMILES string of the molecule is O=C(COc1ccc(Cl)cc1)NCCc1nn[nH]n1. The van der Waals surface area contributed by atoms with Gasteiger partial charge in [0.05, 0.1) is 0 Å². The maximum atomic E-state index is 11.5. The smallest absolute Gasteiger partial charge is 0.257 e. The van der Waals surface area contributed by atoms with Gasteiger partial charge in [-0.1, -0.05) is 16.8 Å². The molecule has 0 aliphatic carbocycles. The third kappa shape index (κ3) is 4.55. The second-order valence-corrected chi connectivity index (χ2v) is 4.11. The number of benzene rings is 1. The predicted octanol–water partition coefficient (Wildman–Crippen LogP) is 0.591. The highest BCUT2D eigenvalue weighted by Crippen LogP contribution is 2.15. The number of carbonyl (C=O) groups is 1. The summed E-state index contributed by atoms with van der Waals surface area (Å²) >= 11 is 5.74. The molecule has 1 amide bonds. The van der Waals surface area contributed by atoms with Crippen molar-refractivity contribution in [1.29, 1.82) is 0 Å². The first-order valence-corrected chi connectivity index (χ1v) is 5.99. The molecule has 0 unspecified atom stereocenters. The van der Waals surface area contributed by atoms with Crippen LogP contribution in [0.2, 0.25) is 5.02 Å². The summed E-state index contributed by atoms with van der Waals surface area (Å²) in [5.41, 5.74) is 0. The van der Waals surface area contributed by atoms with E-state index in [1.165, 1.54) is 0 Å². The lowest BCUT2D eigenvalue weighted by Gasteiger charge is -2.06. The summed E-state index contributed by atoms with van der Waals surface area (Å²) in [4.78, 5) is 11.5. The summed E-state index contributed by atoms with van der Waals surface area (Å²) in [6, 6.07) is 6.81. The van der Waals surface area contributed by atoms with E-state index in [9.17, 15) is 4.79 Å². The molecule has 1 aromatic heterocycles. The number of amides is 1. The molecular weight excluding hydrogens is 270 g/mol. The van der Waals surface area contributed by atoms with E-state index in [0.717, 1.165) is 0 Å². The number of aromatic amines is 1. The summed E-state index contributed by atoms with van der Waals surface area (Å²) in [7, 11) is 0. The minimum atomic E-state index is -0.210. The van der Waals surface area contributed by atoms with Crippen molar-refractivity contribution in [3.63, 3.8) is 0 Å². The Balaban J connectivity index is 1.65. The van der Waals surface area contributed by atoms with Gasteiger partial charge >= 0.3 is 0 Å². The van der Waals surface area contributed by atoms with Gasteiger partial charge in [0.15, 0.2) is 12.4 Å². The van der Waals surface area contributed by atoms with Crippen LogP contribution in [0.4, 0.5) is 0 Å². The fourth-order valence-electron chi connectivity index (χ4n) is 1.33. The van der Waals surface area contributed by atoms with Gasteiger partial charge in [-0.25, -0.2) is 0 Å². The van der Waals surface area contributed by atoms with Crippen molar-refractivity contribution in [2.24, 2.45) is 0 Å². The van der Waals surface area contributed by atoms with E-state index in [-0.39, 0.29) is 12.5 Å². The summed E-state index contributed by atoms with van der Waals surface area (Å²) in [5, 5.41) is 16.6. The zero-order valence-corrected chi connectivity index (χ0v) is 10.7. The van der Waals surface area contributed by atoms with Crippen molar-refractivity contribution in [2.45, 2.75) is 6.42 Å². The molecule has 2 N–H and O–H groups in total. The number of ether oxygens (including phenoxy) is 1. The number of tetrazole rings is 1. The lowest BCUT2D eigenvalue weighted by atomic mass is 10.3. The molecule has 0 bridgehead atoms. The molecule has 0 fully saturated rings. The van der Waals surface area contributed by atoms with E-state index in [1.54, 1.807) is 24.3 Å². The highest BCUT2D eigenvalue weighted by molar-refractivity contribution is 6.30.